The highest BCUT2D eigenvalue weighted by Gasteiger charge is 2.35. The topological polar surface area (TPSA) is 56.8 Å². The average molecular weight is 458 g/mol. The maximum absolute atomic E-state index is 14.5. The smallest absolute Gasteiger partial charge is 0.261 e. The molecule has 0 radical (unpaired) electrons. The average Bonchev–Trinajstić information content (AvgIpc) is 3.19. The molecule has 7 heteroatoms. The van der Waals surface area contributed by atoms with Crippen molar-refractivity contribution in [3.05, 3.63) is 64.3 Å². The molecule has 3 aromatic rings. The molecule has 1 fully saturated rings. The SMILES string of the molecule is CCOc1ccc(C2(CNC(=O)c3sc4cccc(F)c4c3COC)CCOCC2)cc1. The lowest BCUT2D eigenvalue weighted by Crippen LogP contribution is -2.44. The maximum atomic E-state index is 14.5. The zero-order valence-electron chi connectivity index (χ0n) is 18.4. The van der Waals surface area contributed by atoms with Crippen LogP contribution in [0.4, 0.5) is 4.39 Å². The molecule has 0 saturated carbocycles. The Kier molecular flexibility index (Phi) is 7.08. The number of halogens is 1. The first-order valence-corrected chi connectivity index (χ1v) is 11.7. The second kappa shape index (κ2) is 9.98. The molecule has 0 bridgehead atoms. The molecule has 1 amide bonds. The van der Waals surface area contributed by atoms with Crippen LogP contribution >= 0.6 is 11.3 Å². The molecule has 5 nitrogen and oxygen atoms in total. The number of rotatable bonds is 8. The van der Waals surface area contributed by atoms with E-state index in [4.69, 9.17) is 14.2 Å². The second-order valence-corrected chi connectivity index (χ2v) is 9.04. The van der Waals surface area contributed by atoms with Crippen molar-refractivity contribution < 1.29 is 23.4 Å². The number of amides is 1. The van der Waals surface area contributed by atoms with E-state index in [1.807, 2.05) is 25.1 Å². The van der Waals surface area contributed by atoms with Crippen LogP contribution < -0.4 is 10.1 Å². The number of benzene rings is 2. The van der Waals surface area contributed by atoms with Crippen LogP contribution in [0.5, 0.6) is 5.75 Å². The normalized spacial score (nSPS) is 15.6. The van der Waals surface area contributed by atoms with E-state index >= 15 is 0 Å². The molecular formula is C25H28FNO4S. The van der Waals surface area contributed by atoms with Crippen molar-refractivity contribution in [2.75, 3.05) is 33.5 Å². The Bertz CT molecular complexity index is 1070. The number of hydrogen-bond acceptors (Lipinski definition) is 5. The number of fused-ring (bicyclic) bond motifs is 1. The van der Waals surface area contributed by atoms with Gasteiger partial charge in [-0.05, 0) is 49.6 Å². The number of hydrogen-bond donors (Lipinski definition) is 1. The van der Waals surface area contributed by atoms with Crippen molar-refractivity contribution in [3.63, 3.8) is 0 Å². The van der Waals surface area contributed by atoms with Gasteiger partial charge in [-0.2, -0.15) is 0 Å². The molecule has 170 valence electrons. The Hall–Kier alpha value is -2.48. The third-order valence-electron chi connectivity index (χ3n) is 6.07. The fraction of sp³-hybridized carbons (Fsp3) is 0.400. The highest BCUT2D eigenvalue weighted by atomic mass is 32.1. The van der Waals surface area contributed by atoms with Crippen molar-refractivity contribution in [2.45, 2.75) is 31.8 Å². The predicted octanol–water partition coefficient (Wildman–Crippen LogP) is 5.06. The lowest BCUT2D eigenvalue weighted by Gasteiger charge is -2.38. The number of carbonyl (C=O) groups is 1. The minimum Gasteiger partial charge on any atom is -0.494 e. The monoisotopic (exact) mass is 457 g/mol. The first-order valence-electron chi connectivity index (χ1n) is 10.9. The third kappa shape index (κ3) is 4.51. The molecule has 1 N–H and O–H groups in total. The summed E-state index contributed by atoms with van der Waals surface area (Å²) in [5.41, 5.74) is 1.54. The van der Waals surface area contributed by atoms with E-state index in [1.54, 1.807) is 13.2 Å². The van der Waals surface area contributed by atoms with Gasteiger partial charge in [0.2, 0.25) is 0 Å². The molecule has 1 aliphatic rings. The molecule has 1 saturated heterocycles. The van der Waals surface area contributed by atoms with Crippen molar-refractivity contribution in [1.29, 1.82) is 0 Å². The Morgan fingerprint density at radius 3 is 2.62 bits per heavy atom. The molecule has 2 heterocycles. The van der Waals surface area contributed by atoms with E-state index in [2.05, 4.69) is 17.4 Å². The molecule has 4 rings (SSSR count). The van der Waals surface area contributed by atoms with Gasteiger partial charge in [0.1, 0.15) is 11.6 Å². The number of nitrogens with one attached hydrogen (secondary N) is 1. The molecule has 2 aromatic carbocycles. The van der Waals surface area contributed by atoms with Crippen LogP contribution in [-0.4, -0.2) is 39.4 Å². The summed E-state index contributed by atoms with van der Waals surface area (Å²) in [5.74, 6) is 0.300. The second-order valence-electron chi connectivity index (χ2n) is 7.99. The molecule has 0 unspecified atom stereocenters. The van der Waals surface area contributed by atoms with E-state index < -0.39 is 0 Å². The Morgan fingerprint density at radius 1 is 1.19 bits per heavy atom. The number of carbonyl (C=O) groups excluding carboxylic acids is 1. The highest BCUT2D eigenvalue weighted by molar-refractivity contribution is 7.21. The summed E-state index contributed by atoms with van der Waals surface area (Å²) in [7, 11) is 1.55. The quantitative estimate of drug-likeness (QED) is 0.514. The van der Waals surface area contributed by atoms with Gasteiger partial charge in [-0.15, -0.1) is 11.3 Å². The molecule has 32 heavy (non-hydrogen) atoms. The molecule has 0 atom stereocenters. The highest BCUT2D eigenvalue weighted by Crippen LogP contribution is 2.37. The van der Waals surface area contributed by atoms with E-state index in [1.165, 1.54) is 17.4 Å². The third-order valence-corrected chi connectivity index (χ3v) is 7.27. The van der Waals surface area contributed by atoms with E-state index in [0.29, 0.717) is 42.2 Å². The zero-order valence-corrected chi connectivity index (χ0v) is 19.2. The predicted molar refractivity (Wildman–Crippen MR) is 124 cm³/mol. The van der Waals surface area contributed by atoms with Gasteiger partial charge in [-0.25, -0.2) is 4.39 Å². The molecular weight excluding hydrogens is 429 g/mol. The van der Waals surface area contributed by atoms with E-state index in [-0.39, 0.29) is 23.7 Å². The van der Waals surface area contributed by atoms with Gasteiger partial charge in [0, 0.05) is 47.9 Å². The molecule has 0 spiro atoms. The summed E-state index contributed by atoms with van der Waals surface area (Å²) in [6.07, 6.45) is 1.63. The van der Waals surface area contributed by atoms with E-state index in [9.17, 15) is 9.18 Å². The van der Waals surface area contributed by atoms with Crippen LogP contribution in [0, 0.1) is 5.82 Å². The fourth-order valence-electron chi connectivity index (χ4n) is 4.36. The number of thiophene rings is 1. The first-order chi connectivity index (χ1) is 15.6. The molecule has 1 aromatic heterocycles. The van der Waals surface area contributed by atoms with Gasteiger partial charge in [-0.1, -0.05) is 18.2 Å². The summed E-state index contributed by atoms with van der Waals surface area (Å²) in [5, 5.41) is 3.60. The van der Waals surface area contributed by atoms with Gasteiger partial charge >= 0.3 is 0 Å². The van der Waals surface area contributed by atoms with Gasteiger partial charge in [0.05, 0.1) is 18.1 Å². The summed E-state index contributed by atoms with van der Waals surface area (Å²) in [6, 6.07) is 13.0. The van der Waals surface area contributed by atoms with Gasteiger partial charge in [0.25, 0.3) is 5.91 Å². The molecule has 1 aliphatic heterocycles. The minimum atomic E-state index is -0.333. The number of methoxy groups -OCH3 is 1. The Balaban J connectivity index is 1.59. The lowest BCUT2D eigenvalue weighted by molar-refractivity contribution is 0.0487. The summed E-state index contributed by atoms with van der Waals surface area (Å²) in [6.45, 7) is 4.53. The minimum absolute atomic E-state index is 0.182. The van der Waals surface area contributed by atoms with Gasteiger partial charge in [0.15, 0.2) is 0 Å². The summed E-state index contributed by atoms with van der Waals surface area (Å²) >= 11 is 1.30. The standard InChI is InChI=1S/C25H28FNO4S/c1-3-31-18-9-7-17(8-10-18)25(11-13-30-14-12-25)16-27-24(28)23-19(15-29-2)22-20(26)5-4-6-21(22)32-23/h4-10H,3,11-16H2,1-2H3,(H,27,28). The van der Waals surface area contributed by atoms with E-state index in [0.717, 1.165) is 28.9 Å². The maximum Gasteiger partial charge on any atom is 0.261 e. The zero-order chi connectivity index (χ0) is 22.6. The van der Waals surface area contributed by atoms with Crippen LogP contribution in [0.3, 0.4) is 0 Å². The lowest BCUT2D eigenvalue weighted by atomic mass is 9.74. The van der Waals surface area contributed by atoms with Crippen molar-refractivity contribution in [1.82, 2.24) is 5.32 Å². The van der Waals surface area contributed by atoms with Crippen molar-refractivity contribution in [2.24, 2.45) is 0 Å². The Morgan fingerprint density at radius 2 is 1.94 bits per heavy atom. The van der Waals surface area contributed by atoms with Crippen LogP contribution in [0.25, 0.3) is 10.1 Å². The van der Waals surface area contributed by atoms with Crippen LogP contribution in [0.1, 0.15) is 40.6 Å². The Labute approximate surface area is 191 Å². The number of ether oxygens (including phenoxy) is 3. The van der Waals surface area contributed by atoms with Crippen molar-refractivity contribution in [3.8, 4) is 5.75 Å². The van der Waals surface area contributed by atoms with Crippen molar-refractivity contribution >= 4 is 27.3 Å². The molecule has 0 aliphatic carbocycles. The van der Waals surface area contributed by atoms with Crippen LogP contribution in [-0.2, 0) is 21.5 Å². The first kappa shape index (κ1) is 22.7. The largest absolute Gasteiger partial charge is 0.494 e. The van der Waals surface area contributed by atoms with Crippen LogP contribution in [0.2, 0.25) is 0 Å². The fourth-order valence-corrected chi connectivity index (χ4v) is 5.50. The van der Waals surface area contributed by atoms with Gasteiger partial charge in [-0.3, -0.25) is 4.79 Å². The summed E-state index contributed by atoms with van der Waals surface area (Å²) in [4.78, 5) is 13.7. The van der Waals surface area contributed by atoms with Gasteiger partial charge < -0.3 is 19.5 Å². The van der Waals surface area contributed by atoms with Crippen LogP contribution in [0.15, 0.2) is 42.5 Å². The summed E-state index contributed by atoms with van der Waals surface area (Å²) < 4.78 is 31.7.